The van der Waals surface area contributed by atoms with Gasteiger partial charge in [0, 0.05) is 6.54 Å². The topological polar surface area (TPSA) is 12.0 Å². The van der Waals surface area contributed by atoms with Crippen molar-refractivity contribution in [2.45, 2.75) is 33.1 Å². The Morgan fingerprint density at radius 2 is 2.17 bits per heavy atom. The van der Waals surface area contributed by atoms with Gasteiger partial charge in [-0.05, 0) is 32.7 Å². The van der Waals surface area contributed by atoms with Gasteiger partial charge in [-0.1, -0.05) is 30.2 Å². The molecule has 0 aromatic heterocycles. The van der Waals surface area contributed by atoms with Gasteiger partial charge in [-0.15, -0.1) is 0 Å². The molecule has 0 aromatic rings. The van der Waals surface area contributed by atoms with Gasteiger partial charge in [0.05, 0.1) is 0 Å². The van der Waals surface area contributed by atoms with E-state index in [1.165, 1.54) is 24.8 Å². The number of rotatable bonds is 4. The van der Waals surface area contributed by atoms with Crippen LogP contribution in [0.2, 0.25) is 0 Å². The standard InChI is InChI=1S/C11H19N/c1-3-8-12-9-11-6-4-10(2)5-7-11/h4,6,12H,3,5,7-9H2,1-2H3. The lowest BCUT2D eigenvalue weighted by molar-refractivity contribution is 0.692. The maximum Gasteiger partial charge on any atom is 0.0167 e. The second-order valence-corrected chi connectivity index (χ2v) is 3.51. The van der Waals surface area contributed by atoms with E-state index in [4.69, 9.17) is 0 Å². The van der Waals surface area contributed by atoms with Crippen LogP contribution in [0.3, 0.4) is 0 Å². The predicted octanol–water partition coefficient (Wildman–Crippen LogP) is 2.65. The van der Waals surface area contributed by atoms with Crippen molar-refractivity contribution < 1.29 is 0 Å². The van der Waals surface area contributed by atoms with Crippen molar-refractivity contribution in [2.75, 3.05) is 13.1 Å². The summed E-state index contributed by atoms with van der Waals surface area (Å²) in [4.78, 5) is 0. The lowest BCUT2D eigenvalue weighted by Crippen LogP contribution is -2.18. The molecule has 12 heavy (non-hydrogen) atoms. The highest BCUT2D eigenvalue weighted by Gasteiger charge is 2.01. The first kappa shape index (κ1) is 9.53. The fraction of sp³-hybridized carbons (Fsp3) is 0.636. The molecule has 1 heteroatoms. The average molecular weight is 165 g/mol. The molecule has 0 spiro atoms. The van der Waals surface area contributed by atoms with Gasteiger partial charge in [-0.3, -0.25) is 0 Å². The molecule has 0 fully saturated rings. The minimum absolute atomic E-state index is 1.08. The lowest BCUT2D eigenvalue weighted by Gasteiger charge is -2.12. The van der Waals surface area contributed by atoms with Gasteiger partial charge in [-0.25, -0.2) is 0 Å². The number of nitrogens with one attached hydrogen (secondary N) is 1. The summed E-state index contributed by atoms with van der Waals surface area (Å²) in [6.07, 6.45) is 8.23. The van der Waals surface area contributed by atoms with Crippen molar-refractivity contribution in [1.82, 2.24) is 5.32 Å². The van der Waals surface area contributed by atoms with Gasteiger partial charge in [0.15, 0.2) is 0 Å². The van der Waals surface area contributed by atoms with Crippen LogP contribution >= 0.6 is 0 Å². The van der Waals surface area contributed by atoms with Crippen molar-refractivity contribution in [2.24, 2.45) is 0 Å². The van der Waals surface area contributed by atoms with E-state index in [9.17, 15) is 0 Å². The van der Waals surface area contributed by atoms with Crippen LogP contribution in [-0.2, 0) is 0 Å². The highest BCUT2D eigenvalue weighted by Crippen LogP contribution is 2.16. The summed E-state index contributed by atoms with van der Waals surface area (Å²) in [6, 6.07) is 0. The fourth-order valence-electron chi connectivity index (χ4n) is 1.36. The van der Waals surface area contributed by atoms with E-state index in [-0.39, 0.29) is 0 Å². The molecule has 0 saturated carbocycles. The van der Waals surface area contributed by atoms with E-state index in [0.29, 0.717) is 0 Å². The van der Waals surface area contributed by atoms with Crippen molar-refractivity contribution in [3.8, 4) is 0 Å². The summed E-state index contributed by atoms with van der Waals surface area (Å²) in [5.74, 6) is 0. The Labute approximate surface area is 75.6 Å². The van der Waals surface area contributed by atoms with Gasteiger partial charge in [0.2, 0.25) is 0 Å². The third kappa shape index (κ3) is 3.22. The van der Waals surface area contributed by atoms with Crippen LogP contribution in [0.4, 0.5) is 0 Å². The summed E-state index contributed by atoms with van der Waals surface area (Å²) >= 11 is 0. The molecule has 1 N–H and O–H groups in total. The third-order valence-corrected chi connectivity index (χ3v) is 2.22. The second-order valence-electron chi connectivity index (χ2n) is 3.51. The van der Waals surface area contributed by atoms with Crippen LogP contribution in [0.25, 0.3) is 0 Å². The molecule has 0 heterocycles. The Balaban J connectivity index is 2.24. The molecule has 0 radical (unpaired) electrons. The molecule has 0 amide bonds. The van der Waals surface area contributed by atoms with Crippen molar-refractivity contribution in [3.05, 3.63) is 23.3 Å². The molecule has 1 aliphatic rings. The van der Waals surface area contributed by atoms with E-state index in [1.54, 1.807) is 5.57 Å². The second kappa shape index (κ2) is 5.15. The smallest absolute Gasteiger partial charge is 0.0167 e. The molecule has 1 nitrogen and oxygen atoms in total. The van der Waals surface area contributed by atoms with E-state index < -0.39 is 0 Å². The third-order valence-electron chi connectivity index (χ3n) is 2.22. The molecule has 0 saturated heterocycles. The van der Waals surface area contributed by atoms with Crippen LogP contribution in [0.15, 0.2) is 23.3 Å². The number of allylic oxidation sites excluding steroid dienone is 3. The summed E-state index contributed by atoms with van der Waals surface area (Å²) in [5, 5.41) is 3.42. The quantitative estimate of drug-likeness (QED) is 0.631. The monoisotopic (exact) mass is 165 g/mol. The Kier molecular flexibility index (Phi) is 4.09. The van der Waals surface area contributed by atoms with Crippen LogP contribution in [-0.4, -0.2) is 13.1 Å². The summed E-state index contributed by atoms with van der Waals surface area (Å²) in [6.45, 7) is 6.62. The molecule has 0 bridgehead atoms. The van der Waals surface area contributed by atoms with E-state index in [1.807, 2.05) is 0 Å². The highest BCUT2D eigenvalue weighted by molar-refractivity contribution is 5.23. The molecule has 1 aliphatic carbocycles. The van der Waals surface area contributed by atoms with Crippen molar-refractivity contribution in [1.29, 1.82) is 0 Å². The Bertz CT molecular complexity index is 189. The maximum atomic E-state index is 3.42. The maximum absolute atomic E-state index is 3.42. The molecule has 0 aliphatic heterocycles. The lowest BCUT2D eigenvalue weighted by atomic mass is 10.00. The van der Waals surface area contributed by atoms with Crippen molar-refractivity contribution in [3.63, 3.8) is 0 Å². The Hall–Kier alpha value is -0.560. The molecular weight excluding hydrogens is 146 g/mol. The van der Waals surface area contributed by atoms with Crippen LogP contribution < -0.4 is 5.32 Å². The minimum Gasteiger partial charge on any atom is -0.313 e. The SMILES string of the molecule is CCCNCC1=CC=C(C)CC1. The van der Waals surface area contributed by atoms with Gasteiger partial charge in [0.25, 0.3) is 0 Å². The molecule has 0 aromatic carbocycles. The van der Waals surface area contributed by atoms with Gasteiger partial charge in [0.1, 0.15) is 0 Å². The van der Waals surface area contributed by atoms with Crippen molar-refractivity contribution >= 4 is 0 Å². The zero-order valence-corrected chi connectivity index (χ0v) is 8.19. The van der Waals surface area contributed by atoms with E-state index >= 15 is 0 Å². The zero-order valence-electron chi connectivity index (χ0n) is 8.19. The normalized spacial score (nSPS) is 17.2. The summed E-state index contributed by atoms with van der Waals surface area (Å²) in [7, 11) is 0. The first-order chi connectivity index (χ1) is 5.83. The first-order valence-electron chi connectivity index (χ1n) is 4.89. The Morgan fingerprint density at radius 1 is 1.33 bits per heavy atom. The minimum atomic E-state index is 1.08. The molecular formula is C11H19N. The molecule has 0 atom stereocenters. The molecule has 0 unspecified atom stereocenters. The summed E-state index contributed by atoms with van der Waals surface area (Å²) < 4.78 is 0. The van der Waals surface area contributed by atoms with Gasteiger partial charge in [-0.2, -0.15) is 0 Å². The average Bonchev–Trinajstić information content (AvgIpc) is 2.09. The van der Waals surface area contributed by atoms with Gasteiger partial charge < -0.3 is 5.32 Å². The van der Waals surface area contributed by atoms with Crippen LogP contribution in [0.1, 0.15) is 33.1 Å². The number of hydrogen-bond donors (Lipinski definition) is 1. The van der Waals surface area contributed by atoms with Gasteiger partial charge >= 0.3 is 0 Å². The van der Waals surface area contributed by atoms with E-state index in [2.05, 4.69) is 31.3 Å². The zero-order chi connectivity index (χ0) is 8.81. The van der Waals surface area contributed by atoms with Crippen LogP contribution in [0.5, 0.6) is 0 Å². The summed E-state index contributed by atoms with van der Waals surface area (Å²) in [5.41, 5.74) is 3.06. The number of hydrogen-bond acceptors (Lipinski definition) is 1. The van der Waals surface area contributed by atoms with E-state index in [0.717, 1.165) is 13.1 Å². The Morgan fingerprint density at radius 3 is 2.75 bits per heavy atom. The highest BCUT2D eigenvalue weighted by atomic mass is 14.8. The molecule has 68 valence electrons. The molecule has 1 rings (SSSR count). The predicted molar refractivity (Wildman–Crippen MR) is 54.2 cm³/mol. The first-order valence-corrected chi connectivity index (χ1v) is 4.89. The fourth-order valence-corrected chi connectivity index (χ4v) is 1.36. The largest absolute Gasteiger partial charge is 0.313 e. The van der Waals surface area contributed by atoms with Crippen LogP contribution in [0, 0.1) is 0 Å².